The number of H-pyrrole nitrogens is 1. The second-order valence-electron chi connectivity index (χ2n) is 4.58. The highest BCUT2D eigenvalue weighted by Crippen LogP contribution is 2.27. The molecule has 0 aliphatic heterocycles. The van der Waals surface area contributed by atoms with E-state index in [1.165, 1.54) is 0 Å². The molecule has 1 aromatic heterocycles. The van der Waals surface area contributed by atoms with Crippen molar-refractivity contribution < 1.29 is 9.53 Å². The maximum atomic E-state index is 12.3. The van der Waals surface area contributed by atoms with Gasteiger partial charge >= 0.3 is 0 Å². The number of rotatable bonds is 3. The third-order valence-corrected chi connectivity index (χ3v) is 3.93. The van der Waals surface area contributed by atoms with Crippen LogP contribution in [0.5, 0.6) is 5.75 Å². The molecule has 0 fully saturated rings. The van der Waals surface area contributed by atoms with Crippen LogP contribution in [0, 0.1) is 0 Å². The number of hydrogen-bond acceptors (Lipinski definition) is 2. The maximum Gasteiger partial charge on any atom is 0.255 e. The van der Waals surface area contributed by atoms with Gasteiger partial charge in [-0.2, -0.15) is 0 Å². The van der Waals surface area contributed by atoms with Gasteiger partial charge in [0, 0.05) is 27.8 Å². The third kappa shape index (κ3) is 2.78. The number of fused-ring (bicyclic) bond motifs is 1. The quantitative estimate of drug-likeness (QED) is 0.748. The van der Waals surface area contributed by atoms with Gasteiger partial charge in [-0.15, -0.1) is 0 Å². The Morgan fingerprint density at radius 3 is 2.86 bits per heavy atom. The zero-order valence-electron chi connectivity index (χ0n) is 11.3. The van der Waals surface area contributed by atoms with E-state index in [-0.39, 0.29) is 5.91 Å². The molecule has 1 heterocycles. The van der Waals surface area contributed by atoms with E-state index in [4.69, 9.17) is 4.74 Å². The van der Waals surface area contributed by atoms with Crippen molar-refractivity contribution in [2.45, 2.75) is 0 Å². The summed E-state index contributed by atoms with van der Waals surface area (Å²) in [6.07, 6.45) is 1.85. The molecule has 106 valence electrons. The molecule has 0 atom stereocenters. The topological polar surface area (TPSA) is 54.1 Å². The van der Waals surface area contributed by atoms with Crippen LogP contribution in [0.4, 0.5) is 5.69 Å². The highest BCUT2D eigenvalue weighted by molar-refractivity contribution is 9.10. The molecule has 0 bridgehead atoms. The highest BCUT2D eigenvalue weighted by Gasteiger charge is 2.10. The lowest BCUT2D eigenvalue weighted by atomic mass is 10.1. The Bertz CT molecular complexity index is 811. The van der Waals surface area contributed by atoms with Crippen molar-refractivity contribution in [2.24, 2.45) is 0 Å². The second-order valence-corrected chi connectivity index (χ2v) is 5.43. The number of methoxy groups -OCH3 is 1. The van der Waals surface area contributed by atoms with Crippen LogP contribution in [0.1, 0.15) is 10.4 Å². The molecule has 0 spiro atoms. The second kappa shape index (κ2) is 5.61. The summed E-state index contributed by atoms with van der Waals surface area (Å²) in [6, 6.07) is 13.0. The summed E-state index contributed by atoms with van der Waals surface area (Å²) < 4.78 is 5.97. The van der Waals surface area contributed by atoms with E-state index in [9.17, 15) is 4.79 Å². The van der Waals surface area contributed by atoms with Gasteiger partial charge < -0.3 is 15.0 Å². The van der Waals surface area contributed by atoms with Gasteiger partial charge in [-0.1, -0.05) is 6.07 Å². The van der Waals surface area contributed by atoms with Gasteiger partial charge in [0.2, 0.25) is 0 Å². The number of carbonyl (C=O) groups is 1. The van der Waals surface area contributed by atoms with E-state index < -0.39 is 0 Å². The van der Waals surface area contributed by atoms with Crippen molar-refractivity contribution in [3.05, 3.63) is 58.7 Å². The average molecular weight is 345 g/mol. The fourth-order valence-electron chi connectivity index (χ4n) is 2.11. The first-order valence-electron chi connectivity index (χ1n) is 6.39. The highest BCUT2D eigenvalue weighted by atomic mass is 79.9. The Hall–Kier alpha value is -2.27. The van der Waals surface area contributed by atoms with Crippen LogP contribution in [-0.4, -0.2) is 18.0 Å². The number of halogens is 1. The van der Waals surface area contributed by atoms with Crippen molar-refractivity contribution in [1.82, 2.24) is 4.98 Å². The Balaban J connectivity index is 1.88. The van der Waals surface area contributed by atoms with E-state index in [2.05, 4.69) is 26.2 Å². The lowest BCUT2D eigenvalue weighted by Crippen LogP contribution is -2.12. The zero-order valence-corrected chi connectivity index (χ0v) is 12.9. The number of hydrogen-bond donors (Lipinski definition) is 2. The molecule has 0 radical (unpaired) electrons. The number of anilines is 1. The summed E-state index contributed by atoms with van der Waals surface area (Å²) in [7, 11) is 1.59. The number of carbonyl (C=O) groups excluding carboxylic acids is 1. The molecule has 0 aliphatic rings. The lowest BCUT2D eigenvalue weighted by molar-refractivity contribution is 0.102. The minimum absolute atomic E-state index is 0.166. The number of aromatic nitrogens is 1. The van der Waals surface area contributed by atoms with Gasteiger partial charge in [0.25, 0.3) is 5.91 Å². The van der Waals surface area contributed by atoms with E-state index in [1.54, 1.807) is 19.2 Å². The zero-order chi connectivity index (χ0) is 14.8. The Kier molecular flexibility index (Phi) is 3.66. The van der Waals surface area contributed by atoms with Crippen molar-refractivity contribution in [3.63, 3.8) is 0 Å². The van der Waals surface area contributed by atoms with Crippen LogP contribution >= 0.6 is 15.9 Å². The predicted octanol–water partition coefficient (Wildman–Crippen LogP) is 4.19. The fourth-order valence-corrected chi connectivity index (χ4v) is 2.46. The minimum atomic E-state index is -0.166. The molecule has 2 aromatic carbocycles. The van der Waals surface area contributed by atoms with Crippen molar-refractivity contribution in [2.75, 3.05) is 12.4 Å². The van der Waals surface area contributed by atoms with E-state index >= 15 is 0 Å². The molecule has 0 unspecified atom stereocenters. The largest absolute Gasteiger partial charge is 0.497 e. The summed E-state index contributed by atoms with van der Waals surface area (Å²) >= 11 is 3.42. The van der Waals surface area contributed by atoms with Crippen LogP contribution in [0.2, 0.25) is 0 Å². The molecule has 0 saturated carbocycles. The first kappa shape index (κ1) is 13.7. The number of benzene rings is 2. The predicted molar refractivity (Wildman–Crippen MR) is 86.9 cm³/mol. The molecule has 0 aliphatic carbocycles. The molecule has 2 N–H and O–H groups in total. The lowest BCUT2D eigenvalue weighted by Gasteiger charge is -2.09. The van der Waals surface area contributed by atoms with Gasteiger partial charge in [0.05, 0.1) is 12.8 Å². The minimum Gasteiger partial charge on any atom is -0.497 e. The SMILES string of the molecule is COc1ccc(Br)c(NC(=O)c2ccc3cc[nH]c3c2)c1. The molecule has 3 rings (SSSR count). The Morgan fingerprint density at radius 2 is 2.05 bits per heavy atom. The summed E-state index contributed by atoms with van der Waals surface area (Å²) in [6.45, 7) is 0. The average Bonchev–Trinajstić information content (AvgIpc) is 2.96. The van der Waals surface area contributed by atoms with Gasteiger partial charge in [0.1, 0.15) is 5.75 Å². The van der Waals surface area contributed by atoms with Crippen molar-refractivity contribution in [3.8, 4) is 5.75 Å². The molecular formula is C16H13BrN2O2. The van der Waals surface area contributed by atoms with E-state index in [0.717, 1.165) is 15.4 Å². The molecular weight excluding hydrogens is 332 g/mol. The van der Waals surface area contributed by atoms with Gasteiger partial charge in [-0.25, -0.2) is 0 Å². The fraction of sp³-hybridized carbons (Fsp3) is 0.0625. The number of nitrogens with one attached hydrogen (secondary N) is 2. The first-order valence-corrected chi connectivity index (χ1v) is 7.19. The molecule has 5 heteroatoms. The maximum absolute atomic E-state index is 12.3. The van der Waals surface area contributed by atoms with Gasteiger partial charge in [-0.3, -0.25) is 4.79 Å². The first-order chi connectivity index (χ1) is 10.2. The standard InChI is InChI=1S/C16H13BrN2O2/c1-21-12-4-5-13(17)15(9-12)19-16(20)11-3-2-10-6-7-18-14(10)8-11/h2-9,18H,1H3,(H,19,20). The van der Waals surface area contributed by atoms with Crippen LogP contribution < -0.4 is 10.1 Å². The van der Waals surface area contributed by atoms with Crippen molar-refractivity contribution in [1.29, 1.82) is 0 Å². The Labute approximate surface area is 130 Å². The summed E-state index contributed by atoms with van der Waals surface area (Å²) in [5.41, 5.74) is 2.21. The molecule has 3 aromatic rings. The number of ether oxygens (including phenoxy) is 1. The molecule has 0 saturated heterocycles. The smallest absolute Gasteiger partial charge is 0.255 e. The Morgan fingerprint density at radius 1 is 1.19 bits per heavy atom. The van der Waals surface area contributed by atoms with Gasteiger partial charge in [-0.05, 0) is 51.6 Å². The normalized spacial score (nSPS) is 10.6. The number of aromatic amines is 1. The number of amides is 1. The van der Waals surface area contributed by atoms with E-state index in [0.29, 0.717) is 17.0 Å². The summed E-state index contributed by atoms with van der Waals surface area (Å²) in [5, 5.41) is 3.96. The summed E-state index contributed by atoms with van der Waals surface area (Å²) in [4.78, 5) is 15.4. The van der Waals surface area contributed by atoms with E-state index in [1.807, 2.05) is 36.5 Å². The van der Waals surface area contributed by atoms with Gasteiger partial charge in [0.15, 0.2) is 0 Å². The van der Waals surface area contributed by atoms with Crippen LogP contribution in [-0.2, 0) is 0 Å². The molecule has 4 nitrogen and oxygen atoms in total. The van der Waals surface area contributed by atoms with Crippen LogP contribution in [0.15, 0.2) is 53.1 Å². The monoisotopic (exact) mass is 344 g/mol. The van der Waals surface area contributed by atoms with Crippen LogP contribution in [0.25, 0.3) is 10.9 Å². The van der Waals surface area contributed by atoms with Crippen molar-refractivity contribution >= 4 is 38.4 Å². The molecule has 1 amide bonds. The molecule has 21 heavy (non-hydrogen) atoms. The summed E-state index contributed by atoms with van der Waals surface area (Å²) in [5.74, 6) is 0.522. The third-order valence-electron chi connectivity index (χ3n) is 3.24. The van der Waals surface area contributed by atoms with Crippen LogP contribution in [0.3, 0.4) is 0 Å².